The molecule has 0 spiro atoms. The second-order valence-corrected chi connectivity index (χ2v) is 5.15. The number of halogens is 1. The lowest BCUT2D eigenvalue weighted by atomic mass is 10.1. The third-order valence-corrected chi connectivity index (χ3v) is 3.40. The van der Waals surface area contributed by atoms with E-state index in [2.05, 4.69) is 20.8 Å². The summed E-state index contributed by atoms with van der Waals surface area (Å²) in [5.74, 6) is -0.222. The summed E-state index contributed by atoms with van der Waals surface area (Å²) in [6, 6.07) is 12.4. The molecule has 0 radical (unpaired) electrons. The number of carbonyl (C=O) groups excluding carboxylic acids is 1. The van der Waals surface area contributed by atoms with Gasteiger partial charge in [0, 0.05) is 16.3 Å². The van der Waals surface area contributed by atoms with Gasteiger partial charge in [0.1, 0.15) is 6.33 Å². The maximum Gasteiger partial charge on any atom is 0.255 e. The number of carbonyl (C=O) groups is 1. The number of aryl methyl sites for hydroxylation is 1. The molecule has 1 N–H and O–H groups in total. The molecule has 7 heteroatoms. The number of hydrogen-bond acceptors (Lipinski definition) is 4. The van der Waals surface area contributed by atoms with Gasteiger partial charge in [0.2, 0.25) is 0 Å². The number of anilines is 1. The van der Waals surface area contributed by atoms with Gasteiger partial charge in [-0.3, -0.25) is 4.79 Å². The van der Waals surface area contributed by atoms with Crippen LogP contribution in [0.5, 0.6) is 0 Å². The molecular weight excluding hydrogens is 302 g/mol. The van der Waals surface area contributed by atoms with Crippen LogP contribution in [0.3, 0.4) is 0 Å². The van der Waals surface area contributed by atoms with E-state index in [1.807, 2.05) is 19.1 Å². The van der Waals surface area contributed by atoms with Gasteiger partial charge in [0.05, 0.1) is 5.69 Å². The van der Waals surface area contributed by atoms with E-state index in [-0.39, 0.29) is 5.91 Å². The average molecular weight is 314 g/mol. The minimum Gasteiger partial charge on any atom is -0.322 e. The molecule has 0 aliphatic heterocycles. The van der Waals surface area contributed by atoms with Crippen LogP contribution in [-0.2, 0) is 0 Å². The third kappa shape index (κ3) is 2.96. The van der Waals surface area contributed by atoms with Crippen molar-refractivity contribution in [3.8, 4) is 5.69 Å². The van der Waals surface area contributed by atoms with Crippen molar-refractivity contribution in [2.24, 2.45) is 0 Å². The predicted molar refractivity (Wildman–Crippen MR) is 83.3 cm³/mol. The fraction of sp³-hybridized carbons (Fsp3) is 0.0667. The van der Waals surface area contributed by atoms with Crippen LogP contribution >= 0.6 is 11.6 Å². The van der Waals surface area contributed by atoms with Gasteiger partial charge < -0.3 is 5.32 Å². The normalized spacial score (nSPS) is 10.5. The molecule has 0 fully saturated rings. The molecule has 1 heterocycles. The Kier molecular flexibility index (Phi) is 3.84. The highest BCUT2D eigenvalue weighted by atomic mass is 35.5. The van der Waals surface area contributed by atoms with Crippen molar-refractivity contribution in [3.05, 3.63) is 64.9 Å². The molecule has 0 aliphatic carbocycles. The second kappa shape index (κ2) is 5.95. The number of nitrogens with zero attached hydrogens (tertiary/aromatic N) is 4. The minimum absolute atomic E-state index is 0.222. The summed E-state index contributed by atoms with van der Waals surface area (Å²) < 4.78 is 1.49. The van der Waals surface area contributed by atoms with Crippen molar-refractivity contribution in [2.45, 2.75) is 6.92 Å². The number of benzene rings is 2. The van der Waals surface area contributed by atoms with Gasteiger partial charge in [-0.2, -0.15) is 0 Å². The lowest BCUT2D eigenvalue weighted by Crippen LogP contribution is -2.13. The molecule has 3 aromatic rings. The number of amides is 1. The summed E-state index contributed by atoms with van der Waals surface area (Å²) in [5, 5.41) is 14.4. The summed E-state index contributed by atoms with van der Waals surface area (Å²) in [7, 11) is 0. The fourth-order valence-corrected chi connectivity index (χ4v) is 2.16. The van der Waals surface area contributed by atoms with Crippen molar-refractivity contribution in [2.75, 3.05) is 5.32 Å². The zero-order chi connectivity index (χ0) is 15.5. The van der Waals surface area contributed by atoms with E-state index >= 15 is 0 Å². The molecule has 0 saturated heterocycles. The first kappa shape index (κ1) is 14.2. The Morgan fingerprint density at radius 1 is 1.23 bits per heavy atom. The van der Waals surface area contributed by atoms with Crippen LogP contribution in [0.25, 0.3) is 5.69 Å². The van der Waals surface area contributed by atoms with Gasteiger partial charge in [0.25, 0.3) is 5.91 Å². The Morgan fingerprint density at radius 2 is 2.09 bits per heavy atom. The molecule has 0 unspecified atom stereocenters. The van der Waals surface area contributed by atoms with Crippen LogP contribution in [0.15, 0.2) is 48.8 Å². The van der Waals surface area contributed by atoms with Crippen LogP contribution < -0.4 is 5.32 Å². The van der Waals surface area contributed by atoms with Gasteiger partial charge in [-0.1, -0.05) is 23.7 Å². The summed E-state index contributed by atoms with van der Waals surface area (Å²) in [4.78, 5) is 12.4. The van der Waals surface area contributed by atoms with E-state index in [0.29, 0.717) is 22.0 Å². The molecule has 0 saturated carbocycles. The highest BCUT2D eigenvalue weighted by Crippen LogP contribution is 2.21. The molecule has 1 amide bonds. The van der Waals surface area contributed by atoms with E-state index < -0.39 is 0 Å². The van der Waals surface area contributed by atoms with Gasteiger partial charge in [-0.15, -0.1) is 5.10 Å². The van der Waals surface area contributed by atoms with Crippen LogP contribution in [0.2, 0.25) is 5.02 Å². The Bertz CT molecular complexity index is 817. The predicted octanol–water partition coefficient (Wildman–Crippen LogP) is 2.88. The Morgan fingerprint density at radius 3 is 2.86 bits per heavy atom. The van der Waals surface area contributed by atoms with Gasteiger partial charge >= 0.3 is 0 Å². The topological polar surface area (TPSA) is 72.7 Å². The Balaban J connectivity index is 1.86. The summed E-state index contributed by atoms with van der Waals surface area (Å²) in [5.41, 5.74) is 2.84. The van der Waals surface area contributed by atoms with Crippen molar-refractivity contribution in [1.82, 2.24) is 20.2 Å². The van der Waals surface area contributed by atoms with Crippen molar-refractivity contribution < 1.29 is 4.79 Å². The number of hydrogen-bond donors (Lipinski definition) is 1. The molecule has 0 bridgehead atoms. The van der Waals surface area contributed by atoms with E-state index in [9.17, 15) is 4.79 Å². The SMILES string of the molecule is Cc1ccc(Cl)cc1NC(=O)c1cccc(-n2cnnn2)c1. The molecule has 3 rings (SSSR count). The van der Waals surface area contributed by atoms with E-state index in [4.69, 9.17) is 11.6 Å². The number of aromatic nitrogens is 4. The second-order valence-electron chi connectivity index (χ2n) is 4.72. The van der Waals surface area contributed by atoms with E-state index in [1.54, 1.807) is 30.3 Å². The van der Waals surface area contributed by atoms with Crippen molar-refractivity contribution >= 4 is 23.2 Å². The quantitative estimate of drug-likeness (QED) is 0.807. The van der Waals surface area contributed by atoms with Crippen LogP contribution in [0.4, 0.5) is 5.69 Å². The molecule has 0 atom stereocenters. The lowest BCUT2D eigenvalue weighted by Gasteiger charge is -2.09. The fourth-order valence-electron chi connectivity index (χ4n) is 1.99. The van der Waals surface area contributed by atoms with Gasteiger partial charge in [-0.05, 0) is 53.2 Å². The van der Waals surface area contributed by atoms with Crippen molar-refractivity contribution in [3.63, 3.8) is 0 Å². The Hall–Kier alpha value is -2.73. The van der Waals surface area contributed by atoms with Crippen LogP contribution in [-0.4, -0.2) is 26.1 Å². The number of rotatable bonds is 3. The van der Waals surface area contributed by atoms with Crippen molar-refractivity contribution in [1.29, 1.82) is 0 Å². The molecule has 6 nitrogen and oxygen atoms in total. The minimum atomic E-state index is -0.222. The zero-order valence-corrected chi connectivity index (χ0v) is 12.4. The summed E-state index contributed by atoms with van der Waals surface area (Å²) in [6.45, 7) is 1.91. The molecule has 22 heavy (non-hydrogen) atoms. The first-order valence-corrected chi connectivity index (χ1v) is 6.92. The largest absolute Gasteiger partial charge is 0.322 e. The van der Waals surface area contributed by atoms with E-state index in [0.717, 1.165) is 5.56 Å². The smallest absolute Gasteiger partial charge is 0.255 e. The Labute approximate surface area is 131 Å². The van der Waals surface area contributed by atoms with Gasteiger partial charge in [-0.25, -0.2) is 4.68 Å². The molecule has 0 aliphatic rings. The summed E-state index contributed by atoms with van der Waals surface area (Å²) >= 11 is 5.96. The van der Waals surface area contributed by atoms with Crippen LogP contribution in [0, 0.1) is 6.92 Å². The zero-order valence-electron chi connectivity index (χ0n) is 11.7. The highest BCUT2D eigenvalue weighted by Gasteiger charge is 2.10. The molecular formula is C15H12ClN5O. The summed E-state index contributed by atoms with van der Waals surface area (Å²) in [6.07, 6.45) is 1.47. The molecule has 110 valence electrons. The monoisotopic (exact) mass is 313 g/mol. The maximum absolute atomic E-state index is 12.4. The first-order valence-electron chi connectivity index (χ1n) is 6.54. The molecule has 2 aromatic carbocycles. The molecule has 1 aromatic heterocycles. The third-order valence-electron chi connectivity index (χ3n) is 3.17. The standard InChI is InChI=1S/C15H12ClN5O/c1-10-5-6-12(16)8-14(10)18-15(22)11-3-2-4-13(7-11)21-9-17-19-20-21/h2-9H,1H3,(H,18,22). The van der Waals surface area contributed by atoms with Gasteiger partial charge in [0.15, 0.2) is 0 Å². The average Bonchev–Trinajstić information content (AvgIpc) is 3.05. The van der Waals surface area contributed by atoms with E-state index in [1.165, 1.54) is 11.0 Å². The number of tetrazole rings is 1. The first-order chi connectivity index (χ1) is 10.6. The lowest BCUT2D eigenvalue weighted by molar-refractivity contribution is 0.102. The maximum atomic E-state index is 12.4. The number of nitrogens with one attached hydrogen (secondary N) is 1. The van der Waals surface area contributed by atoms with Crippen LogP contribution in [0.1, 0.15) is 15.9 Å². The highest BCUT2D eigenvalue weighted by molar-refractivity contribution is 6.31.